The topological polar surface area (TPSA) is 136 Å². The van der Waals surface area contributed by atoms with Gasteiger partial charge < -0.3 is 19.3 Å². The van der Waals surface area contributed by atoms with Gasteiger partial charge in [-0.15, -0.1) is 0 Å². The lowest BCUT2D eigenvalue weighted by atomic mass is 10.0. The number of esters is 2. The lowest BCUT2D eigenvalue weighted by molar-refractivity contribution is -0.161. The second kappa shape index (κ2) is 26.9. The number of thioether (sulfide) groups is 1. The van der Waals surface area contributed by atoms with Gasteiger partial charge in [-0.1, -0.05) is 115 Å². The Balaban J connectivity index is 4.03. The van der Waals surface area contributed by atoms with Gasteiger partial charge in [-0.3, -0.25) is 18.9 Å². The maximum atomic E-state index is 12.2. The fraction of sp³-hybridized carbons (Fsp3) is 0.897. The maximum Gasteiger partial charge on any atom is 0.469 e. The van der Waals surface area contributed by atoms with Gasteiger partial charge in [0.1, 0.15) is 6.61 Å². The molecule has 0 bridgehead atoms. The van der Waals surface area contributed by atoms with Crippen LogP contribution in [-0.2, 0) is 32.9 Å². The van der Waals surface area contributed by atoms with E-state index in [4.69, 9.17) is 19.3 Å². The zero-order valence-electron chi connectivity index (χ0n) is 24.9. The Labute approximate surface area is 246 Å². The molecule has 0 radical (unpaired) electrons. The van der Waals surface area contributed by atoms with Crippen molar-refractivity contribution in [2.45, 2.75) is 148 Å². The Morgan fingerprint density at radius 2 is 1.12 bits per heavy atom. The van der Waals surface area contributed by atoms with Gasteiger partial charge in [0.05, 0.1) is 6.61 Å². The SMILES string of the molecule is CCCCCCCCCCCCCCC(=O)O[C@H](COC(=O)CCCCCCCCSC(C)=O)COP(=O)(O)O. The van der Waals surface area contributed by atoms with Crippen LogP contribution in [0.2, 0.25) is 0 Å². The molecule has 0 aliphatic carbocycles. The molecule has 11 heteroatoms. The third-order valence-corrected chi connectivity index (χ3v) is 7.86. The molecule has 0 saturated heterocycles. The minimum atomic E-state index is -4.75. The predicted octanol–water partition coefficient (Wildman–Crippen LogP) is 7.65. The normalized spacial score (nSPS) is 12.3. The summed E-state index contributed by atoms with van der Waals surface area (Å²) in [6.07, 6.45) is 19.2. The van der Waals surface area contributed by atoms with Crippen LogP contribution in [0.3, 0.4) is 0 Å². The molecule has 0 aromatic heterocycles. The van der Waals surface area contributed by atoms with E-state index in [0.29, 0.717) is 12.8 Å². The van der Waals surface area contributed by atoms with Gasteiger partial charge in [0, 0.05) is 25.5 Å². The van der Waals surface area contributed by atoms with Crippen LogP contribution in [-0.4, -0.2) is 51.9 Å². The van der Waals surface area contributed by atoms with Crippen molar-refractivity contribution in [2.24, 2.45) is 0 Å². The molecule has 0 saturated carbocycles. The highest BCUT2D eigenvalue weighted by molar-refractivity contribution is 8.13. The third-order valence-electron chi connectivity index (χ3n) is 6.47. The van der Waals surface area contributed by atoms with Crippen LogP contribution in [0.5, 0.6) is 0 Å². The average Bonchev–Trinajstić information content (AvgIpc) is 2.89. The highest BCUT2D eigenvalue weighted by Crippen LogP contribution is 2.35. The maximum absolute atomic E-state index is 12.2. The van der Waals surface area contributed by atoms with Gasteiger partial charge >= 0.3 is 19.8 Å². The van der Waals surface area contributed by atoms with Crippen molar-refractivity contribution in [1.29, 1.82) is 0 Å². The summed E-state index contributed by atoms with van der Waals surface area (Å²) < 4.78 is 26.0. The monoisotopic (exact) mass is 610 g/mol. The summed E-state index contributed by atoms with van der Waals surface area (Å²) in [5.74, 6) is -0.0985. The molecule has 1 atom stereocenters. The van der Waals surface area contributed by atoms with Crippen LogP contribution in [0.25, 0.3) is 0 Å². The Morgan fingerprint density at radius 3 is 1.60 bits per heavy atom. The molecule has 0 unspecified atom stereocenters. The number of hydrogen-bond acceptors (Lipinski definition) is 8. The van der Waals surface area contributed by atoms with E-state index in [0.717, 1.165) is 57.1 Å². The zero-order valence-corrected chi connectivity index (χ0v) is 26.7. The van der Waals surface area contributed by atoms with Crippen LogP contribution in [0.15, 0.2) is 0 Å². The summed E-state index contributed by atoms with van der Waals surface area (Å²) in [7, 11) is -4.75. The van der Waals surface area contributed by atoms with E-state index in [9.17, 15) is 18.9 Å². The molecule has 0 rings (SSSR count). The van der Waals surface area contributed by atoms with E-state index in [1.807, 2.05) is 0 Å². The summed E-state index contributed by atoms with van der Waals surface area (Å²) in [5.41, 5.74) is 0. The van der Waals surface area contributed by atoms with Gasteiger partial charge in [0.25, 0.3) is 0 Å². The first kappa shape index (κ1) is 39.1. The lowest BCUT2D eigenvalue weighted by Crippen LogP contribution is -2.29. The summed E-state index contributed by atoms with van der Waals surface area (Å²) >= 11 is 1.35. The van der Waals surface area contributed by atoms with Crippen molar-refractivity contribution < 1.29 is 42.7 Å². The van der Waals surface area contributed by atoms with Gasteiger partial charge in [-0.25, -0.2) is 4.57 Å². The first-order valence-corrected chi connectivity index (χ1v) is 17.8. The molecule has 40 heavy (non-hydrogen) atoms. The minimum absolute atomic E-state index is 0.142. The molecular weight excluding hydrogens is 555 g/mol. The summed E-state index contributed by atoms with van der Waals surface area (Å²) in [6, 6.07) is 0. The molecule has 9 nitrogen and oxygen atoms in total. The Morgan fingerprint density at radius 1 is 0.675 bits per heavy atom. The number of unbranched alkanes of at least 4 members (excludes halogenated alkanes) is 16. The highest BCUT2D eigenvalue weighted by Gasteiger charge is 2.22. The number of phosphoric ester groups is 1. The van der Waals surface area contributed by atoms with Crippen LogP contribution in [0, 0.1) is 0 Å². The van der Waals surface area contributed by atoms with E-state index in [2.05, 4.69) is 11.4 Å². The lowest BCUT2D eigenvalue weighted by Gasteiger charge is -2.18. The van der Waals surface area contributed by atoms with E-state index >= 15 is 0 Å². The quantitative estimate of drug-likeness (QED) is 0.0516. The average molecular weight is 611 g/mol. The van der Waals surface area contributed by atoms with E-state index in [1.165, 1.54) is 63.1 Å². The number of hydrogen-bond donors (Lipinski definition) is 2. The molecule has 0 aromatic carbocycles. The summed E-state index contributed by atoms with van der Waals surface area (Å²) in [4.78, 5) is 53.2. The Kier molecular flexibility index (Phi) is 26.3. The fourth-order valence-electron chi connectivity index (χ4n) is 4.20. The molecule has 0 fully saturated rings. The number of carbonyl (C=O) groups excluding carboxylic acids is 3. The molecule has 0 amide bonds. The molecule has 0 aliphatic heterocycles. The van der Waals surface area contributed by atoms with Gasteiger partial charge in [0.2, 0.25) is 0 Å². The summed E-state index contributed by atoms with van der Waals surface area (Å²) in [6.45, 7) is 2.94. The predicted molar refractivity (Wildman–Crippen MR) is 160 cm³/mol. The number of carbonyl (C=O) groups is 3. The number of ether oxygens (including phenoxy) is 2. The molecule has 2 N–H and O–H groups in total. The van der Waals surface area contributed by atoms with Crippen molar-refractivity contribution >= 4 is 36.6 Å². The number of phosphoric acid groups is 1. The number of rotatable bonds is 28. The van der Waals surface area contributed by atoms with E-state index in [-0.39, 0.29) is 24.6 Å². The molecule has 0 aromatic rings. The second-order valence-electron chi connectivity index (χ2n) is 10.4. The van der Waals surface area contributed by atoms with Gasteiger partial charge in [-0.05, 0) is 19.3 Å². The molecule has 236 valence electrons. The largest absolute Gasteiger partial charge is 0.469 e. The van der Waals surface area contributed by atoms with Crippen molar-refractivity contribution in [3.05, 3.63) is 0 Å². The van der Waals surface area contributed by atoms with Crippen molar-refractivity contribution in [3.63, 3.8) is 0 Å². The smallest absolute Gasteiger partial charge is 0.462 e. The summed E-state index contributed by atoms with van der Waals surface area (Å²) in [5, 5.41) is 0.142. The van der Waals surface area contributed by atoms with E-state index < -0.39 is 32.5 Å². The van der Waals surface area contributed by atoms with Crippen molar-refractivity contribution in [3.8, 4) is 0 Å². The Bertz CT molecular complexity index is 699. The van der Waals surface area contributed by atoms with Crippen LogP contribution in [0.1, 0.15) is 142 Å². The minimum Gasteiger partial charge on any atom is -0.462 e. The molecule has 0 aliphatic rings. The first-order valence-electron chi connectivity index (χ1n) is 15.3. The van der Waals surface area contributed by atoms with Crippen molar-refractivity contribution in [1.82, 2.24) is 0 Å². The van der Waals surface area contributed by atoms with Gasteiger partial charge in [0.15, 0.2) is 11.2 Å². The van der Waals surface area contributed by atoms with Crippen LogP contribution in [0.4, 0.5) is 0 Å². The molecule has 0 heterocycles. The first-order chi connectivity index (χ1) is 19.1. The van der Waals surface area contributed by atoms with Crippen LogP contribution < -0.4 is 0 Å². The zero-order chi connectivity index (χ0) is 29.9. The Hall–Kier alpha value is -0.930. The highest BCUT2D eigenvalue weighted by atomic mass is 32.2. The van der Waals surface area contributed by atoms with Gasteiger partial charge in [-0.2, -0.15) is 0 Å². The van der Waals surface area contributed by atoms with E-state index in [1.54, 1.807) is 6.92 Å². The van der Waals surface area contributed by atoms with Crippen molar-refractivity contribution in [2.75, 3.05) is 19.0 Å². The third kappa shape index (κ3) is 30.0. The standard InChI is InChI=1S/C29H55O9PS/c1-3-4-5-6-7-8-9-10-11-12-16-19-22-29(32)38-27(25-37-39(33,34)35)24-36-28(31)21-18-15-13-14-17-20-23-40-26(2)30/h27H,3-25H2,1-2H3,(H2,33,34,35)/t27-/m1/s1. The second-order valence-corrected chi connectivity index (χ2v) is 12.9. The van der Waals surface area contributed by atoms with Crippen LogP contribution >= 0.6 is 19.6 Å². The molecule has 0 spiro atoms. The molecular formula is C29H55O9PS. The fourth-order valence-corrected chi connectivity index (χ4v) is 5.20.